The Labute approximate surface area is 207 Å². The number of imidazole rings is 1. The third-order valence-corrected chi connectivity index (χ3v) is 5.23. The Bertz CT molecular complexity index is 978. The van der Waals surface area contributed by atoms with Gasteiger partial charge >= 0.3 is 24.3 Å². The molecule has 2 aromatic rings. The van der Waals surface area contributed by atoms with E-state index in [1.807, 2.05) is 12.1 Å². The van der Waals surface area contributed by atoms with E-state index in [0.717, 1.165) is 63.8 Å². The smallest absolute Gasteiger partial charge is 0.475 e. The summed E-state index contributed by atoms with van der Waals surface area (Å²) in [7, 11) is 2.10. The molecule has 0 radical (unpaired) electrons. The minimum absolute atomic E-state index is 0.575. The summed E-state index contributed by atoms with van der Waals surface area (Å²) in [6.45, 7) is 6.49. The minimum Gasteiger partial charge on any atom is -0.475 e. The summed E-state index contributed by atoms with van der Waals surface area (Å²) in [6, 6.07) is 4.52. The van der Waals surface area contributed by atoms with Gasteiger partial charge in [-0.05, 0) is 25.6 Å². The third-order valence-electron chi connectivity index (χ3n) is 5.23. The lowest BCUT2D eigenvalue weighted by atomic mass is 10.2. The quantitative estimate of drug-likeness (QED) is 0.548. The minimum atomic E-state index is -5.08. The molecule has 37 heavy (non-hydrogen) atoms. The number of alkyl halides is 6. The van der Waals surface area contributed by atoms with Gasteiger partial charge in [-0.25, -0.2) is 14.6 Å². The molecule has 1 atom stereocenters. The molecule has 0 spiro atoms. The van der Waals surface area contributed by atoms with E-state index in [4.69, 9.17) is 33.9 Å². The molecule has 1 saturated heterocycles. The van der Waals surface area contributed by atoms with E-state index in [1.165, 1.54) is 5.82 Å². The number of furan rings is 1. The number of halogens is 6. The Kier molecular flexibility index (Phi) is 10.5. The highest BCUT2D eigenvalue weighted by Gasteiger charge is 2.38. The summed E-state index contributed by atoms with van der Waals surface area (Å²) in [5, 5.41) is 14.2. The summed E-state index contributed by atoms with van der Waals surface area (Å²) in [5.74, 6) is -3.34. The van der Waals surface area contributed by atoms with Gasteiger partial charge in [0.05, 0.1) is 31.7 Å². The zero-order valence-corrected chi connectivity index (χ0v) is 19.6. The molecular weight excluding hydrogens is 518 g/mol. The molecule has 0 saturated carbocycles. The Morgan fingerprint density at radius 3 is 2.22 bits per heavy atom. The molecule has 0 aromatic carbocycles. The molecule has 0 aliphatic carbocycles. The van der Waals surface area contributed by atoms with Gasteiger partial charge in [-0.3, -0.25) is 9.80 Å². The molecule has 1 fully saturated rings. The van der Waals surface area contributed by atoms with Gasteiger partial charge < -0.3 is 23.9 Å². The molecule has 2 aliphatic heterocycles. The molecule has 2 N–H and O–H groups in total. The summed E-state index contributed by atoms with van der Waals surface area (Å²) >= 11 is 0. The van der Waals surface area contributed by atoms with Crippen molar-refractivity contribution in [3.63, 3.8) is 0 Å². The van der Waals surface area contributed by atoms with Crippen LogP contribution in [0.25, 0.3) is 0 Å². The number of aliphatic carboxylic acids is 2. The maximum Gasteiger partial charge on any atom is 0.490 e. The van der Waals surface area contributed by atoms with Crippen LogP contribution >= 0.6 is 0 Å². The van der Waals surface area contributed by atoms with E-state index in [2.05, 4.69) is 27.6 Å². The van der Waals surface area contributed by atoms with E-state index in [9.17, 15) is 26.3 Å². The number of aromatic nitrogens is 2. The molecule has 0 amide bonds. The highest BCUT2D eigenvalue weighted by molar-refractivity contribution is 5.73. The molecule has 16 heteroatoms. The van der Waals surface area contributed by atoms with Crippen molar-refractivity contribution in [2.45, 2.75) is 51.0 Å². The van der Waals surface area contributed by atoms with Crippen molar-refractivity contribution in [2.75, 3.05) is 26.8 Å². The molecule has 208 valence electrons. The van der Waals surface area contributed by atoms with Crippen molar-refractivity contribution in [1.29, 1.82) is 0 Å². The number of carbonyl (C=O) groups is 2. The average Bonchev–Trinajstić information content (AvgIpc) is 3.54. The van der Waals surface area contributed by atoms with Gasteiger partial charge in [0.15, 0.2) is 0 Å². The van der Waals surface area contributed by atoms with Gasteiger partial charge in [0, 0.05) is 38.5 Å². The highest BCUT2D eigenvalue weighted by atomic mass is 19.4. The number of ether oxygens (including phenoxy) is 1. The molecule has 2 aromatic heterocycles. The van der Waals surface area contributed by atoms with Crippen LogP contribution in [0.1, 0.15) is 23.7 Å². The number of fused-ring (bicyclic) bond motifs is 1. The number of rotatable bonds is 5. The first kappa shape index (κ1) is 30.1. The fraction of sp³-hybridized carbons (Fsp3) is 0.571. The summed E-state index contributed by atoms with van der Waals surface area (Å²) in [5.41, 5.74) is 1.14. The van der Waals surface area contributed by atoms with Gasteiger partial charge in [-0.2, -0.15) is 26.3 Å². The summed E-state index contributed by atoms with van der Waals surface area (Å²) in [6.07, 6.45) is -5.09. The Morgan fingerprint density at radius 1 is 1.11 bits per heavy atom. The van der Waals surface area contributed by atoms with Crippen molar-refractivity contribution in [2.24, 2.45) is 0 Å². The monoisotopic (exact) mass is 544 g/mol. The lowest BCUT2D eigenvalue weighted by Crippen LogP contribution is -2.41. The zero-order valence-electron chi connectivity index (χ0n) is 19.6. The number of nitrogens with zero attached hydrogens (tertiary/aromatic N) is 4. The lowest BCUT2D eigenvalue weighted by Gasteiger charge is -2.31. The standard InChI is InChI=1S/C17H24N4O2.2C2HF3O2/c1-19(11-16-3-2-7-23-16)9-14-10-21-6-5-20(12-17(21)18-14)15-4-8-22-13-15;2*3-2(4,5)1(6)7/h2-3,7,10,15H,4-6,8-9,11-13H2,1H3;2*(H,6,7). The van der Waals surface area contributed by atoms with Crippen LogP contribution < -0.4 is 0 Å². The topological polar surface area (TPSA) is 121 Å². The van der Waals surface area contributed by atoms with E-state index in [-0.39, 0.29) is 0 Å². The van der Waals surface area contributed by atoms with Crippen molar-refractivity contribution < 1.29 is 55.3 Å². The summed E-state index contributed by atoms with van der Waals surface area (Å²) in [4.78, 5) is 27.4. The molecule has 2 aliphatic rings. The SMILES string of the molecule is CN(Cc1cn2c(n1)CN(C1CCOC1)CC2)Cc1ccco1.O=C(O)C(F)(F)F.O=C(O)C(F)(F)F. The van der Waals surface area contributed by atoms with Gasteiger partial charge in [0.2, 0.25) is 0 Å². The van der Waals surface area contributed by atoms with Crippen LogP contribution in [0.4, 0.5) is 26.3 Å². The van der Waals surface area contributed by atoms with Crippen LogP contribution in [-0.2, 0) is 40.5 Å². The van der Waals surface area contributed by atoms with E-state index < -0.39 is 24.3 Å². The highest BCUT2D eigenvalue weighted by Crippen LogP contribution is 2.20. The fourth-order valence-electron chi connectivity index (χ4n) is 3.53. The average molecular weight is 544 g/mol. The second-order valence-electron chi connectivity index (χ2n) is 8.19. The molecule has 4 rings (SSSR count). The Morgan fingerprint density at radius 2 is 1.73 bits per heavy atom. The van der Waals surface area contributed by atoms with Crippen LogP contribution in [0.2, 0.25) is 0 Å². The van der Waals surface area contributed by atoms with Crippen molar-refractivity contribution in [1.82, 2.24) is 19.4 Å². The number of carboxylic acid groups (broad SMARTS) is 2. The first-order chi connectivity index (χ1) is 17.2. The molecule has 4 heterocycles. The Hall–Kier alpha value is -3.11. The largest absolute Gasteiger partial charge is 0.490 e. The first-order valence-corrected chi connectivity index (χ1v) is 10.8. The maximum absolute atomic E-state index is 10.6. The van der Waals surface area contributed by atoms with Crippen LogP contribution in [-0.4, -0.2) is 86.7 Å². The van der Waals surface area contributed by atoms with Crippen molar-refractivity contribution in [3.05, 3.63) is 41.9 Å². The first-order valence-electron chi connectivity index (χ1n) is 10.8. The van der Waals surface area contributed by atoms with Crippen LogP contribution in [0.15, 0.2) is 29.0 Å². The number of hydrogen-bond donors (Lipinski definition) is 2. The van der Waals surface area contributed by atoms with Gasteiger partial charge in [0.25, 0.3) is 0 Å². The lowest BCUT2D eigenvalue weighted by molar-refractivity contribution is -0.193. The molecule has 1 unspecified atom stereocenters. The van der Waals surface area contributed by atoms with Gasteiger partial charge in [-0.15, -0.1) is 0 Å². The predicted molar refractivity (Wildman–Crippen MR) is 113 cm³/mol. The van der Waals surface area contributed by atoms with E-state index in [1.54, 1.807) is 6.26 Å². The van der Waals surface area contributed by atoms with Crippen LogP contribution in [0.5, 0.6) is 0 Å². The predicted octanol–water partition coefficient (Wildman–Crippen LogP) is 2.98. The maximum atomic E-state index is 10.6. The third kappa shape index (κ3) is 10.0. The normalized spacial score (nSPS) is 17.9. The zero-order chi connectivity index (χ0) is 27.8. The second kappa shape index (κ2) is 12.9. The van der Waals surface area contributed by atoms with Gasteiger partial charge in [-0.1, -0.05) is 0 Å². The van der Waals surface area contributed by atoms with E-state index in [0.29, 0.717) is 6.04 Å². The molecule has 10 nitrogen and oxygen atoms in total. The van der Waals surface area contributed by atoms with E-state index >= 15 is 0 Å². The van der Waals surface area contributed by atoms with Crippen molar-refractivity contribution >= 4 is 11.9 Å². The number of hydrogen-bond acceptors (Lipinski definition) is 7. The van der Waals surface area contributed by atoms with Crippen molar-refractivity contribution in [3.8, 4) is 0 Å². The Balaban J connectivity index is 0.000000286. The summed E-state index contributed by atoms with van der Waals surface area (Å²) < 4.78 is 76.7. The fourth-order valence-corrected chi connectivity index (χ4v) is 3.53. The van der Waals surface area contributed by atoms with Crippen LogP contribution in [0.3, 0.4) is 0 Å². The second-order valence-corrected chi connectivity index (χ2v) is 8.19. The molecular formula is C21H26F6N4O6. The number of carboxylic acids is 2. The molecule has 0 bridgehead atoms. The van der Waals surface area contributed by atoms with Gasteiger partial charge in [0.1, 0.15) is 11.6 Å². The van der Waals surface area contributed by atoms with Crippen LogP contribution in [0, 0.1) is 0 Å².